The summed E-state index contributed by atoms with van der Waals surface area (Å²) in [6, 6.07) is 0. The quantitative estimate of drug-likeness (QED) is 0.705. The molecule has 0 aromatic rings. The fourth-order valence-electron chi connectivity index (χ4n) is 2.55. The van der Waals surface area contributed by atoms with Gasteiger partial charge in [-0.25, -0.2) is 0 Å². The van der Waals surface area contributed by atoms with Gasteiger partial charge in [0.2, 0.25) is 11.8 Å². The first-order valence-corrected chi connectivity index (χ1v) is 6.06. The van der Waals surface area contributed by atoms with Crippen molar-refractivity contribution in [3.8, 4) is 0 Å². The van der Waals surface area contributed by atoms with Crippen molar-refractivity contribution in [2.75, 3.05) is 19.6 Å². The smallest absolute Gasteiger partial charge is 0.235 e. The first-order valence-electron chi connectivity index (χ1n) is 6.06. The van der Waals surface area contributed by atoms with Gasteiger partial charge >= 0.3 is 0 Å². The number of imide groups is 1. The predicted octanol–water partition coefficient (Wildman–Crippen LogP) is 0.771. The van der Waals surface area contributed by atoms with Crippen LogP contribution in [0, 0.1) is 11.3 Å². The number of amides is 2. The summed E-state index contributed by atoms with van der Waals surface area (Å²) >= 11 is 0. The fourth-order valence-corrected chi connectivity index (χ4v) is 2.55. The number of hydrogen-bond donors (Lipinski definition) is 1. The van der Waals surface area contributed by atoms with Gasteiger partial charge < -0.3 is 5.32 Å². The van der Waals surface area contributed by atoms with Crippen LogP contribution in [0.4, 0.5) is 0 Å². The van der Waals surface area contributed by atoms with E-state index in [2.05, 4.69) is 5.32 Å². The van der Waals surface area contributed by atoms with E-state index in [1.54, 1.807) is 0 Å². The van der Waals surface area contributed by atoms with E-state index in [9.17, 15) is 9.59 Å². The number of nitrogens with zero attached hydrogens (tertiary/aromatic N) is 1. The molecule has 2 amide bonds. The Kier molecular flexibility index (Phi) is 3.02. The van der Waals surface area contributed by atoms with E-state index < -0.39 is 5.41 Å². The van der Waals surface area contributed by atoms with E-state index >= 15 is 0 Å². The van der Waals surface area contributed by atoms with Crippen molar-refractivity contribution >= 4 is 11.8 Å². The Hall–Kier alpha value is -0.900. The van der Waals surface area contributed by atoms with Gasteiger partial charge in [0.1, 0.15) is 0 Å². The van der Waals surface area contributed by atoms with Gasteiger partial charge in [0.05, 0.1) is 5.41 Å². The molecule has 90 valence electrons. The molecule has 1 atom stereocenters. The number of carbonyl (C=O) groups is 2. The minimum Gasteiger partial charge on any atom is -0.316 e. The molecular weight excluding hydrogens is 204 g/mol. The molecule has 0 radical (unpaired) electrons. The maximum atomic E-state index is 12.0. The lowest BCUT2D eigenvalue weighted by atomic mass is 9.92. The molecule has 0 aromatic carbocycles. The summed E-state index contributed by atoms with van der Waals surface area (Å²) in [5, 5.41) is 3.31. The molecule has 2 aliphatic rings. The molecule has 4 heteroatoms. The number of hydrogen-bond acceptors (Lipinski definition) is 3. The lowest BCUT2D eigenvalue weighted by Crippen LogP contribution is -2.41. The lowest BCUT2D eigenvalue weighted by molar-refractivity contribution is -0.141. The van der Waals surface area contributed by atoms with Crippen molar-refractivity contribution in [3.05, 3.63) is 0 Å². The molecule has 1 N–H and O–H groups in total. The number of rotatable bonds is 2. The van der Waals surface area contributed by atoms with Crippen LogP contribution in [0.1, 0.15) is 33.1 Å². The van der Waals surface area contributed by atoms with Crippen LogP contribution in [0.25, 0.3) is 0 Å². The zero-order valence-electron chi connectivity index (χ0n) is 10.1. The molecular formula is C12H20N2O2. The second kappa shape index (κ2) is 4.17. The fraction of sp³-hybridized carbons (Fsp3) is 0.833. The molecule has 4 nitrogen and oxygen atoms in total. The summed E-state index contributed by atoms with van der Waals surface area (Å²) in [5.41, 5.74) is -0.487. The van der Waals surface area contributed by atoms with Gasteiger partial charge in [0.15, 0.2) is 0 Å². The van der Waals surface area contributed by atoms with E-state index in [-0.39, 0.29) is 11.8 Å². The Morgan fingerprint density at radius 3 is 2.69 bits per heavy atom. The average Bonchev–Trinajstić information content (AvgIpc) is 2.42. The van der Waals surface area contributed by atoms with Gasteiger partial charge in [-0.2, -0.15) is 0 Å². The molecule has 2 aliphatic heterocycles. The summed E-state index contributed by atoms with van der Waals surface area (Å²) in [6.07, 6.45) is 2.63. The third kappa shape index (κ3) is 2.12. The van der Waals surface area contributed by atoms with Gasteiger partial charge in [0.25, 0.3) is 0 Å². The van der Waals surface area contributed by atoms with Crippen molar-refractivity contribution < 1.29 is 9.59 Å². The highest BCUT2D eigenvalue weighted by atomic mass is 16.2. The third-order valence-corrected chi connectivity index (χ3v) is 3.56. The summed E-state index contributed by atoms with van der Waals surface area (Å²) in [6.45, 7) is 6.30. The van der Waals surface area contributed by atoms with E-state index in [0.29, 0.717) is 18.9 Å². The zero-order valence-corrected chi connectivity index (χ0v) is 10.1. The molecule has 0 aliphatic carbocycles. The van der Waals surface area contributed by atoms with Crippen molar-refractivity contribution in [2.45, 2.75) is 33.1 Å². The number of piperidine rings is 1. The number of carbonyl (C=O) groups excluding carboxylic acids is 2. The first kappa shape index (κ1) is 11.6. The maximum absolute atomic E-state index is 12.0. The Balaban J connectivity index is 1.99. The van der Waals surface area contributed by atoms with Crippen LogP contribution in [0.3, 0.4) is 0 Å². The Morgan fingerprint density at radius 1 is 1.44 bits per heavy atom. The molecule has 2 rings (SSSR count). The second-order valence-corrected chi connectivity index (χ2v) is 5.58. The average molecular weight is 224 g/mol. The highest BCUT2D eigenvalue weighted by Crippen LogP contribution is 2.32. The Bertz CT molecular complexity index is 306. The van der Waals surface area contributed by atoms with Gasteiger partial charge in [-0.15, -0.1) is 0 Å². The van der Waals surface area contributed by atoms with Crippen LogP contribution in [0.2, 0.25) is 0 Å². The number of nitrogens with one attached hydrogen (secondary N) is 1. The maximum Gasteiger partial charge on any atom is 0.235 e. The minimum atomic E-state index is -0.487. The Labute approximate surface area is 96.4 Å². The van der Waals surface area contributed by atoms with E-state index in [1.807, 2.05) is 13.8 Å². The van der Waals surface area contributed by atoms with Gasteiger partial charge in [-0.1, -0.05) is 13.8 Å². The van der Waals surface area contributed by atoms with E-state index in [0.717, 1.165) is 25.9 Å². The lowest BCUT2D eigenvalue weighted by Gasteiger charge is -2.27. The molecule has 0 bridgehead atoms. The highest BCUT2D eigenvalue weighted by Gasteiger charge is 2.45. The summed E-state index contributed by atoms with van der Waals surface area (Å²) in [5.74, 6) is 0.444. The first-order chi connectivity index (χ1) is 7.50. The predicted molar refractivity (Wildman–Crippen MR) is 60.7 cm³/mol. The molecule has 2 fully saturated rings. The normalized spacial score (nSPS) is 29.9. The molecule has 16 heavy (non-hydrogen) atoms. The largest absolute Gasteiger partial charge is 0.316 e. The molecule has 0 saturated carbocycles. The van der Waals surface area contributed by atoms with Crippen molar-refractivity contribution in [3.63, 3.8) is 0 Å². The molecule has 2 heterocycles. The summed E-state index contributed by atoms with van der Waals surface area (Å²) in [4.78, 5) is 25.2. The van der Waals surface area contributed by atoms with Crippen LogP contribution in [0.5, 0.6) is 0 Å². The van der Waals surface area contributed by atoms with Crippen LogP contribution in [0.15, 0.2) is 0 Å². The minimum absolute atomic E-state index is 0.000531. The van der Waals surface area contributed by atoms with Crippen molar-refractivity contribution in [1.29, 1.82) is 0 Å². The third-order valence-electron chi connectivity index (χ3n) is 3.56. The standard InChI is InChI=1S/C12H20N2O2/c1-12(2)6-10(15)14(11(12)16)8-9-4-3-5-13-7-9/h9,13H,3-8H2,1-2H3. The molecule has 2 saturated heterocycles. The molecule has 0 spiro atoms. The van der Waals surface area contributed by atoms with Crippen molar-refractivity contribution in [1.82, 2.24) is 10.2 Å². The van der Waals surface area contributed by atoms with Crippen LogP contribution in [-0.2, 0) is 9.59 Å². The van der Waals surface area contributed by atoms with Gasteiger partial charge in [0, 0.05) is 13.0 Å². The van der Waals surface area contributed by atoms with E-state index in [4.69, 9.17) is 0 Å². The zero-order chi connectivity index (χ0) is 11.8. The molecule has 0 aromatic heterocycles. The second-order valence-electron chi connectivity index (χ2n) is 5.58. The summed E-state index contributed by atoms with van der Waals surface area (Å²) in [7, 11) is 0. The van der Waals surface area contributed by atoms with Gasteiger partial charge in [-0.05, 0) is 31.8 Å². The van der Waals surface area contributed by atoms with Gasteiger partial charge in [-0.3, -0.25) is 14.5 Å². The van der Waals surface area contributed by atoms with Crippen LogP contribution < -0.4 is 5.32 Å². The topological polar surface area (TPSA) is 49.4 Å². The Morgan fingerprint density at radius 2 is 2.19 bits per heavy atom. The highest BCUT2D eigenvalue weighted by molar-refractivity contribution is 6.05. The summed E-state index contributed by atoms with van der Waals surface area (Å²) < 4.78 is 0. The molecule has 1 unspecified atom stereocenters. The van der Waals surface area contributed by atoms with Crippen molar-refractivity contribution in [2.24, 2.45) is 11.3 Å². The van der Waals surface area contributed by atoms with E-state index in [1.165, 1.54) is 4.90 Å². The van der Waals surface area contributed by atoms with Crippen LogP contribution >= 0.6 is 0 Å². The van der Waals surface area contributed by atoms with Crippen LogP contribution in [-0.4, -0.2) is 36.3 Å². The SMILES string of the molecule is CC1(C)CC(=O)N(CC2CCCNC2)C1=O. The number of likely N-dealkylation sites (tertiary alicyclic amines) is 1. The monoisotopic (exact) mass is 224 g/mol.